The van der Waals surface area contributed by atoms with E-state index >= 15 is 0 Å². The van der Waals surface area contributed by atoms with Crippen LogP contribution in [0.15, 0.2) is 71.3 Å². The van der Waals surface area contributed by atoms with Crippen molar-refractivity contribution in [2.75, 3.05) is 5.73 Å². The Bertz CT molecular complexity index is 1550. The molecule has 0 bridgehead atoms. The van der Waals surface area contributed by atoms with Crippen molar-refractivity contribution in [3.63, 3.8) is 0 Å². The zero-order chi connectivity index (χ0) is 24.7. The highest BCUT2D eigenvalue weighted by Gasteiger charge is 2.33. The second-order valence-corrected chi connectivity index (χ2v) is 8.25. The molecular weight excluding hydrogens is 485 g/mol. The highest BCUT2D eigenvalue weighted by molar-refractivity contribution is 7.21. The third-order valence-corrected chi connectivity index (χ3v) is 6.12. The van der Waals surface area contributed by atoms with Gasteiger partial charge in [-0.05, 0) is 28.9 Å². The van der Waals surface area contributed by atoms with Crippen LogP contribution >= 0.6 is 11.3 Å². The summed E-state index contributed by atoms with van der Waals surface area (Å²) in [6.07, 6.45) is -4.86. The average Bonchev–Trinajstić information content (AvgIpc) is 3.38. The molecule has 5 aromatic rings. The largest absolute Gasteiger partial charge is 0.573 e. The Hall–Kier alpha value is -4.45. The monoisotopic (exact) mass is 498 g/mol. The van der Waals surface area contributed by atoms with Crippen LogP contribution < -0.4 is 20.3 Å². The number of ether oxygens (including phenoxy) is 1. The Labute approximate surface area is 198 Å². The maximum Gasteiger partial charge on any atom is 0.573 e. The fourth-order valence-electron chi connectivity index (χ4n) is 3.45. The van der Waals surface area contributed by atoms with Gasteiger partial charge >= 0.3 is 12.1 Å². The van der Waals surface area contributed by atoms with E-state index in [9.17, 15) is 23.1 Å². The summed E-state index contributed by atoms with van der Waals surface area (Å²) in [6, 6.07) is 17.4. The number of ketones is 1. The van der Waals surface area contributed by atoms with Gasteiger partial charge in [-0.2, -0.15) is 0 Å². The molecule has 3 heterocycles. The number of hydrogen-bond donors (Lipinski definition) is 1. The second kappa shape index (κ2) is 8.40. The van der Waals surface area contributed by atoms with Gasteiger partial charge in [-0.1, -0.05) is 30.3 Å². The first-order valence-corrected chi connectivity index (χ1v) is 10.8. The molecule has 35 heavy (non-hydrogen) atoms. The minimum Gasteiger partial charge on any atom is -0.539 e. The van der Waals surface area contributed by atoms with Gasteiger partial charge in [0.05, 0.1) is 16.7 Å². The van der Waals surface area contributed by atoms with Gasteiger partial charge in [0.15, 0.2) is 5.95 Å². The molecule has 0 unspecified atom stereocenters. The fourth-order valence-corrected chi connectivity index (χ4v) is 4.48. The van der Waals surface area contributed by atoms with E-state index in [1.54, 1.807) is 12.1 Å². The molecule has 0 saturated carbocycles. The van der Waals surface area contributed by atoms with Crippen LogP contribution in [0.1, 0.15) is 15.4 Å². The molecule has 0 fully saturated rings. The van der Waals surface area contributed by atoms with Crippen molar-refractivity contribution < 1.29 is 37.0 Å². The number of halogens is 3. The number of nitrogens with zero attached hydrogens (tertiary/aromatic N) is 3. The number of nitrogens with two attached hydrogens (primary N) is 1. The number of hydrogen-bond acceptors (Lipinski definition) is 8. The van der Waals surface area contributed by atoms with Crippen molar-refractivity contribution in [1.29, 1.82) is 0 Å². The van der Waals surface area contributed by atoms with E-state index in [1.807, 2.05) is 30.3 Å². The maximum absolute atomic E-state index is 13.3. The molecule has 0 aliphatic carbocycles. The third-order valence-electron chi connectivity index (χ3n) is 5.01. The summed E-state index contributed by atoms with van der Waals surface area (Å²) in [5, 5.41) is 16.5. The number of alkyl halides is 3. The fraction of sp³-hybridized carbons (Fsp3) is 0.0435. The van der Waals surface area contributed by atoms with Crippen LogP contribution in [0, 0.1) is 0 Å². The first kappa shape index (κ1) is 22.3. The Kier molecular flexibility index (Phi) is 5.36. The summed E-state index contributed by atoms with van der Waals surface area (Å²) < 4.78 is 46.6. The van der Waals surface area contributed by atoms with E-state index in [-0.39, 0.29) is 16.3 Å². The minimum absolute atomic E-state index is 0.0591. The summed E-state index contributed by atoms with van der Waals surface area (Å²) in [4.78, 5) is 18.5. The topological polar surface area (TPSA) is 118 Å². The van der Waals surface area contributed by atoms with Crippen LogP contribution in [0.3, 0.4) is 0 Å². The van der Waals surface area contributed by atoms with Crippen molar-refractivity contribution in [3.05, 3.63) is 77.3 Å². The summed E-state index contributed by atoms with van der Waals surface area (Å²) >= 11 is 1.01. The molecular formula is C23H13F3N4O4S. The van der Waals surface area contributed by atoms with Crippen LogP contribution in [-0.2, 0) is 0 Å². The molecule has 3 aromatic heterocycles. The quantitative estimate of drug-likeness (QED) is 0.287. The van der Waals surface area contributed by atoms with Crippen LogP contribution in [-0.4, -0.2) is 22.4 Å². The molecule has 5 rings (SSSR count). The van der Waals surface area contributed by atoms with Crippen LogP contribution in [0.2, 0.25) is 0 Å². The number of thiophene rings is 1. The number of fused-ring (bicyclic) bond motifs is 1. The van der Waals surface area contributed by atoms with E-state index in [2.05, 4.69) is 19.5 Å². The Morgan fingerprint density at radius 2 is 1.77 bits per heavy atom. The van der Waals surface area contributed by atoms with Crippen molar-refractivity contribution in [3.8, 4) is 28.6 Å². The van der Waals surface area contributed by atoms with E-state index in [0.717, 1.165) is 33.7 Å². The number of nitrogen functional groups attached to an aromatic ring is 1. The first-order chi connectivity index (χ1) is 16.7. The van der Waals surface area contributed by atoms with E-state index in [4.69, 9.17) is 5.73 Å². The van der Waals surface area contributed by atoms with Crippen molar-refractivity contribution in [2.24, 2.45) is 0 Å². The zero-order valence-electron chi connectivity index (χ0n) is 17.4. The average molecular weight is 498 g/mol. The number of pyridine rings is 1. The molecule has 0 spiro atoms. The molecule has 2 N–H and O–H groups in total. The molecule has 2 aromatic carbocycles. The van der Waals surface area contributed by atoms with E-state index in [0.29, 0.717) is 15.9 Å². The third kappa shape index (κ3) is 4.26. The van der Waals surface area contributed by atoms with Crippen molar-refractivity contribution in [2.45, 2.75) is 6.36 Å². The van der Waals surface area contributed by atoms with E-state index < -0.39 is 29.5 Å². The van der Waals surface area contributed by atoms with Crippen LogP contribution in [0.5, 0.6) is 11.7 Å². The van der Waals surface area contributed by atoms with Crippen LogP contribution in [0.4, 0.5) is 18.9 Å². The number of carbonyl (C=O) groups excluding carboxylic acids is 1. The van der Waals surface area contributed by atoms with E-state index in [1.165, 1.54) is 12.1 Å². The van der Waals surface area contributed by atoms with Gasteiger partial charge in [0, 0.05) is 23.1 Å². The molecule has 8 nitrogen and oxygen atoms in total. The Balaban J connectivity index is 1.52. The minimum atomic E-state index is -4.86. The molecule has 12 heteroatoms. The Morgan fingerprint density at radius 1 is 1.06 bits per heavy atom. The van der Waals surface area contributed by atoms with Gasteiger partial charge in [-0.25, -0.2) is 4.98 Å². The zero-order valence-corrected chi connectivity index (χ0v) is 18.3. The van der Waals surface area contributed by atoms with Gasteiger partial charge in [0.2, 0.25) is 5.69 Å². The van der Waals surface area contributed by atoms with Crippen molar-refractivity contribution in [1.82, 2.24) is 10.3 Å². The lowest BCUT2D eigenvalue weighted by Gasteiger charge is -2.07. The number of anilines is 1. The molecule has 0 atom stereocenters. The number of rotatable bonds is 5. The molecule has 0 saturated heterocycles. The summed E-state index contributed by atoms with van der Waals surface area (Å²) in [7, 11) is 0. The summed E-state index contributed by atoms with van der Waals surface area (Å²) in [6.45, 7) is 0. The molecule has 176 valence electrons. The highest BCUT2D eigenvalue weighted by atomic mass is 32.1. The molecule has 0 aliphatic heterocycles. The van der Waals surface area contributed by atoms with Gasteiger partial charge in [0.25, 0.3) is 5.78 Å². The van der Waals surface area contributed by atoms with Gasteiger partial charge in [0.1, 0.15) is 15.5 Å². The van der Waals surface area contributed by atoms with Gasteiger partial charge in [-0.15, -0.1) is 24.5 Å². The number of carbonyl (C=O) groups is 1. The van der Waals surface area contributed by atoms with Crippen molar-refractivity contribution >= 4 is 33.0 Å². The lowest BCUT2D eigenvalue weighted by molar-refractivity contribution is -0.672. The summed E-state index contributed by atoms with van der Waals surface area (Å²) in [5.41, 5.74) is 7.57. The SMILES string of the molecule is Nc1c(C(=O)c2c([O-])on[n+]2-c2ccc(OC(F)(F)F)cc2)sc2nc(-c3ccccc3)ccc12. The maximum atomic E-state index is 13.3. The van der Waals surface area contributed by atoms with Gasteiger partial charge in [-0.3, -0.25) is 4.79 Å². The smallest absolute Gasteiger partial charge is 0.539 e. The standard InChI is InChI=1S/C23H13F3N4O4S/c24-23(25,26)33-14-8-6-13(7-9-14)30-18(22(32)34-29-30)19(31)20-17(27)15-10-11-16(28-21(15)35-20)12-4-2-1-3-5-12/h1-11H,(H2-,27,29,31,32). The summed E-state index contributed by atoms with van der Waals surface area (Å²) in [5.74, 6) is -2.26. The number of benzene rings is 2. The number of aromatic nitrogens is 3. The molecule has 0 aliphatic rings. The lowest BCUT2D eigenvalue weighted by atomic mass is 10.1. The molecule has 0 radical (unpaired) electrons. The molecule has 0 amide bonds. The normalized spacial score (nSPS) is 11.6. The first-order valence-electron chi connectivity index (χ1n) is 9.95. The second-order valence-electron chi connectivity index (χ2n) is 7.25. The highest BCUT2D eigenvalue weighted by Crippen LogP contribution is 2.36. The lowest BCUT2D eigenvalue weighted by Crippen LogP contribution is -2.39. The van der Waals surface area contributed by atoms with Gasteiger partial charge < -0.3 is 20.1 Å². The van der Waals surface area contributed by atoms with Crippen LogP contribution in [0.25, 0.3) is 27.2 Å². The predicted octanol–water partition coefficient (Wildman–Crippen LogP) is 4.01. The Morgan fingerprint density at radius 3 is 2.46 bits per heavy atom. The predicted molar refractivity (Wildman–Crippen MR) is 117 cm³/mol.